The summed E-state index contributed by atoms with van der Waals surface area (Å²) in [4.78, 5) is 4.29. The lowest BCUT2D eigenvalue weighted by molar-refractivity contribution is 0.464. The van der Waals surface area contributed by atoms with E-state index >= 15 is 0 Å². The molecule has 2 aromatic heterocycles. The lowest BCUT2D eigenvalue weighted by Crippen LogP contribution is -2.28. The van der Waals surface area contributed by atoms with Crippen molar-refractivity contribution in [3.8, 4) is 0 Å². The zero-order valence-corrected chi connectivity index (χ0v) is 14.2. The number of hydrogen-bond donors (Lipinski definition) is 0. The molecule has 0 saturated heterocycles. The molecule has 0 aliphatic heterocycles. The van der Waals surface area contributed by atoms with E-state index in [0.29, 0.717) is 0 Å². The molecule has 5 nitrogen and oxygen atoms in total. The quantitative estimate of drug-likeness (QED) is 0.734. The van der Waals surface area contributed by atoms with Crippen LogP contribution >= 0.6 is 11.3 Å². The molecule has 3 aromatic rings. The number of benzene rings is 1. The van der Waals surface area contributed by atoms with Crippen molar-refractivity contribution in [1.82, 2.24) is 14.8 Å². The smallest absolute Gasteiger partial charge is 0.210 e. The van der Waals surface area contributed by atoms with Crippen LogP contribution in [-0.4, -0.2) is 28.4 Å². The van der Waals surface area contributed by atoms with Crippen molar-refractivity contribution in [3.05, 3.63) is 42.2 Å². The Hall–Kier alpha value is -1.73. The maximum Gasteiger partial charge on any atom is 0.210 e. The summed E-state index contributed by atoms with van der Waals surface area (Å²) in [5, 5.41) is 3.62. The maximum atomic E-state index is 12.8. The van der Waals surface area contributed by atoms with Gasteiger partial charge in [0, 0.05) is 6.20 Å². The Labute approximate surface area is 133 Å². The van der Waals surface area contributed by atoms with Gasteiger partial charge in [-0.15, -0.1) is 11.3 Å². The summed E-state index contributed by atoms with van der Waals surface area (Å²) in [6.45, 7) is 5.51. The van der Waals surface area contributed by atoms with Crippen molar-refractivity contribution < 1.29 is 8.42 Å². The summed E-state index contributed by atoms with van der Waals surface area (Å²) in [5.74, 6) is 0. The number of rotatable bonds is 4. The van der Waals surface area contributed by atoms with Crippen LogP contribution in [0.5, 0.6) is 0 Å². The fourth-order valence-corrected chi connectivity index (χ4v) is 5.34. The Balaban J connectivity index is 1.97. The van der Waals surface area contributed by atoms with Gasteiger partial charge in [0.2, 0.25) is 14.2 Å². The van der Waals surface area contributed by atoms with Gasteiger partial charge in [-0.25, -0.2) is 13.4 Å². The van der Waals surface area contributed by atoms with Crippen LogP contribution in [0.1, 0.15) is 25.5 Å². The first-order chi connectivity index (χ1) is 10.4. The molecule has 0 N–H and O–H groups in total. The van der Waals surface area contributed by atoms with Crippen LogP contribution in [0.15, 0.2) is 41.0 Å². The highest BCUT2D eigenvalue weighted by Gasteiger charge is 2.32. The molecule has 0 saturated carbocycles. The minimum absolute atomic E-state index is 0.178. The van der Waals surface area contributed by atoms with Gasteiger partial charge in [0.15, 0.2) is 0 Å². The highest BCUT2D eigenvalue weighted by molar-refractivity contribution is 7.94. The van der Waals surface area contributed by atoms with Crippen molar-refractivity contribution in [1.29, 1.82) is 0 Å². The molecule has 1 aromatic carbocycles. The number of aryl methyl sites for hydroxylation is 1. The molecule has 116 valence electrons. The van der Waals surface area contributed by atoms with Crippen LogP contribution in [0.2, 0.25) is 0 Å². The SMILES string of the molecule is Cc1cnn([C@H](C)[C@H](C)S(=O)(=O)c2nc3ccccc3s2)c1. The molecule has 3 rings (SSSR count). The van der Waals surface area contributed by atoms with Gasteiger partial charge in [0.05, 0.1) is 27.7 Å². The lowest BCUT2D eigenvalue weighted by Gasteiger charge is -2.19. The molecule has 0 unspecified atom stereocenters. The van der Waals surface area contributed by atoms with E-state index in [0.717, 1.165) is 15.8 Å². The molecule has 2 atom stereocenters. The summed E-state index contributed by atoms with van der Waals surface area (Å²) in [5.41, 5.74) is 1.73. The third-order valence-electron chi connectivity index (χ3n) is 3.83. The topological polar surface area (TPSA) is 64.8 Å². The number of aromatic nitrogens is 3. The van der Waals surface area contributed by atoms with Crippen LogP contribution in [0.25, 0.3) is 10.2 Å². The fourth-order valence-electron chi connectivity index (χ4n) is 2.26. The summed E-state index contributed by atoms with van der Waals surface area (Å²) >= 11 is 1.22. The fraction of sp³-hybridized carbons (Fsp3) is 0.333. The molecule has 22 heavy (non-hydrogen) atoms. The van der Waals surface area contributed by atoms with Crippen LogP contribution in [0, 0.1) is 6.92 Å². The van der Waals surface area contributed by atoms with E-state index in [9.17, 15) is 8.42 Å². The molecule has 0 fully saturated rings. The second-order valence-electron chi connectivity index (χ2n) is 5.44. The third-order valence-corrected chi connectivity index (χ3v) is 7.56. The van der Waals surface area contributed by atoms with E-state index in [1.54, 1.807) is 17.8 Å². The van der Waals surface area contributed by atoms with Gasteiger partial charge >= 0.3 is 0 Å². The normalized spacial score (nSPS) is 15.0. The first-order valence-electron chi connectivity index (χ1n) is 7.00. The zero-order chi connectivity index (χ0) is 15.9. The highest BCUT2D eigenvalue weighted by atomic mass is 32.2. The molecule has 0 aliphatic rings. The molecular weight excluding hydrogens is 318 g/mol. The highest BCUT2D eigenvalue weighted by Crippen LogP contribution is 2.30. The van der Waals surface area contributed by atoms with E-state index < -0.39 is 15.1 Å². The van der Waals surface area contributed by atoms with Crippen molar-refractivity contribution in [3.63, 3.8) is 0 Å². The average Bonchev–Trinajstić information content (AvgIpc) is 3.11. The second-order valence-corrected chi connectivity index (χ2v) is 8.95. The largest absolute Gasteiger partial charge is 0.268 e. The monoisotopic (exact) mass is 335 g/mol. The molecule has 7 heteroatoms. The van der Waals surface area contributed by atoms with Crippen LogP contribution in [0.4, 0.5) is 0 Å². The number of thiazole rings is 1. The molecule has 0 amide bonds. The minimum atomic E-state index is -3.49. The van der Waals surface area contributed by atoms with E-state index in [4.69, 9.17) is 0 Å². The lowest BCUT2D eigenvalue weighted by atomic mass is 10.2. The van der Waals surface area contributed by atoms with E-state index in [2.05, 4.69) is 10.1 Å². The number of sulfone groups is 1. The summed E-state index contributed by atoms with van der Waals surface area (Å²) in [6.07, 6.45) is 3.59. The van der Waals surface area contributed by atoms with Gasteiger partial charge in [-0.1, -0.05) is 12.1 Å². The minimum Gasteiger partial charge on any atom is -0.268 e. The van der Waals surface area contributed by atoms with Gasteiger partial charge in [-0.05, 0) is 38.5 Å². The van der Waals surface area contributed by atoms with Crippen LogP contribution in [0.3, 0.4) is 0 Å². The van der Waals surface area contributed by atoms with Gasteiger partial charge in [-0.2, -0.15) is 5.10 Å². The first kappa shape index (κ1) is 15.2. The first-order valence-corrected chi connectivity index (χ1v) is 9.36. The Bertz CT molecular complexity index is 879. The van der Waals surface area contributed by atoms with Gasteiger partial charge in [0.1, 0.15) is 0 Å². The van der Waals surface area contributed by atoms with Crippen molar-refractivity contribution in [2.75, 3.05) is 0 Å². The van der Waals surface area contributed by atoms with E-state index in [1.807, 2.05) is 44.3 Å². The molecule has 0 radical (unpaired) electrons. The number of fused-ring (bicyclic) bond motifs is 1. The third kappa shape index (κ3) is 2.55. The van der Waals surface area contributed by atoms with Crippen LogP contribution in [-0.2, 0) is 9.84 Å². The maximum absolute atomic E-state index is 12.8. The molecule has 2 heterocycles. The number of hydrogen-bond acceptors (Lipinski definition) is 5. The van der Waals surface area contributed by atoms with Crippen molar-refractivity contribution in [2.24, 2.45) is 0 Å². The summed E-state index contributed by atoms with van der Waals surface area (Å²) < 4.78 is 28.4. The summed E-state index contributed by atoms with van der Waals surface area (Å²) in [7, 11) is -3.49. The number of para-hydroxylation sites is 1. The average molecular weight is 335 g/mol. The zero-order valence-electron chi connectivity index (χ0n) is 12.6. The molecule has 0 aliphatic carbocycles. The molecule has 0 bridgehead atoms. The Morgan fingerprint density at radius 1 is 1.23 bits per heavy atom. The Morgan fingerprint density at radius 2 is 1.95 bits per heavy atom. The van der Waals surface area contributed by atoms with E-state index in [-0.39, 0.29) is 10.4 Å². The Morgan fingerprint density at radius 3 is 2.59 bits per heavy atom. The van der Waals surface area contributed by atoms with Gasteiger partial charge in [0.25, 0.3) is 0 Å². The number of nitrogens with zero attached hydrogens (tertiary/aromatic N) is 3. The van der Waals surface area contributed by atoms with E-state index in [1.165, 1.54) is 11.3 Å². The van der Waals surface area contributed by atoms with Gasteiger partial charge in [-0.3, -0.25) is 4.68 Å². The van der Waals surface area contributed by atoms with Crippen molar-refractivity contribution in [2.45, 2.75) is 36.4 Å². The molecule has 0 spiro atoms. The molecular formula is C15H17N3O2S2. The van der Waals surface area contributed by atoms with Crippen molar-refractivity contribution >= 4 is 31.4 Å². The standard InChI is InChI=1S/C15H17N3O2S2/c1-10-8-16-18(9-10)11(2)12(3)22(19,20)15-17-13-6-4-5-7-14(13)21-15/h4-9,11-12H,1-3H3/t11-,12+/m1/s1. The predicted molar refractivity (Wildman–Crippen MR) is 87.9 cm³/mol. The summed E-state index contributed by atoms with van der Waals surface area (Å²) in [6, 6.07) is 7.20. The van der Waals surface area contributed by atoms with Crippen LogP contribution < -0.4 is 0 Å². The Kier molecular flexibility index (Phi) is 3.78. The second kappa shape index (κ2) is 5.48. The predicted octanol–water partition coefficient (Wildman–Crippen LogP) is 3.22. The van der Waals surface area contributed by atoms with Gasteiger partial charge < -0.3 is 0 Å².